The third-order valence-corrected chi connectivity index (χ3v) is 3.74. The fourth-order valence-corrected chi connectivity index (χ4v) is 2.49. The second-order valence-corrected chi connectivity index (χ2v) is 5.86. The number of halogens is 2. The molecule has 4 nitrogen and oxygen atoms in total. The van der Waals surface area contributed by atoms with Crippen LogP contribution in [-0.4, -0.2) is 16.7 Å². The molecule has 0 fully saturated rings. The Hall–Kier alpha value is -1.85. The van der Waals surface area contributed by atoms with Crippen molar-refractivity contribution in [1.82, 2.24) is 10.1 Å². The van der Waals surface area contributed by atoms with E-state index in [1.54, 1.807) is 12.1 Å². The molecule has 1 heterocycles. The highest BCUT2D eigenvalue weighted by Crippen LogP contribution is 2.32. The Labute approximate surface area is 141 Å². The molecule has 3 rings (SSSR count). The summed E-state index contributed by atoms with van der Waals surface area (Å²) in [5, 5.41) is 4.71. The molecule has 0 saturated carbocycles. The summed E-state index contributed by atoms with van der Waals surface area (Å²) in [5.74, 6) is 1.64. The third-order valence-electron chi connectivity index (χ3n) is 3.00. The molecule has 0 saturated heterocycles. The van der Waals surface area contributed by atoms with Gasteiger partial charge in [-0.05, 0) is 49.4 Å². The van der Waals surface area contributed by atoms with Crippen molar-refractivity contribution in [2.45, 2.75) is 6.92 Å². The lowest BCUT2D eigenvalue weighted by atomic mass is 10.2. The predicted octanol–water partition coefficient (Wildman–Crippen LogP) is 5.22. The molecule has 0 bridgehead atoms. The Kier molecular flexibility index (Phi) is 4.45. The summed E-state index contributed by atoms with van der Waals surface area (Å²) in [4.78, 5) is 4.44. The normalized spacial score (nSPS) is 10.7. The largest absolute Gasteiger partial charge is 0.493 e. The number of hydrogen-bond acceptors (Lipinski definition) is 4. The van der Waals surface area contributed by atoms with E-state index in [4.69, 9.17) is 20.9 Å². The Morgan fingerprint density at radius 3 is 2.68 bits per heavy atom. The first-order valence-corrected chi connectivity index (χ1v) is 7.87. The molecular formula is C16H12BrClN2O2. The summed E-state index contributed by atoms with van der Waals surface area (Å²) in [6, 6.07) is 12.9. The van der Waals surface area contributed by atoms with Crippen molar-refractivity contribution >= 4 is 27.5 Å². The van der Waals surface area contributed by atoms with Crippen molar-refractivity contribution in [3.05, 3.63) is 52.0 Å². The van der Waals surface area contributed by atoms with Gasteiger partial charge in [0.1, 0.15) is 5.75 Å². The van der Waals surface area contributed by atoms with Crippen LogP contribution < -0.4 is 4.74 Å². The zero-order valence-electron chi connectivity index (χ0n) is 11.7. The van der Waals surface area contributed by atoms with Crippen LogP contribution in [0.3, 0.4) is 0 Å². The first-order chi connectivity index (χ1) is 10.7. The van der Waals surface area contributed by atoms with Gasteiger partial charge in [0, 0.05) is 15.1 Å². The van der Waals surface area contributed by atoms with Crippen molar-refractivity contribution in [2.75, 3.05) is 6.61 Å². The minimum atomic E-state index is 0.439. The van der Waals surface area contributed by atoms with Gasteiger partial charge < -0.3 is 9.26 Å². The van der Waals surface area contributed by atoms with Crippen LogP contribution in [0.4, 0.5) is 0 Å². The highest BCUT2D eigenvalue weighted by atomic mass is 79.9. The summed E-state index contributed by atoms with van der Waals surface area (Å²) in [5.41, 5.74) is 1.59. The van der Waals surface area contributed by atoms with E-state index in [9.17, 15) is 0 Å². The fraction of sp³-hybridized carbons (Fsp3) is 0.125. The monoisotopic (exact) mass is 378 g/mol. The maximum atomic E-state index is 5.88. The molecule has 1 aromatic heterocycles. The van der Waals surface area contributed by atoms with Gasteiger partial charge in [0.25, 0.3) is 5.89 Å². The summed E-state index contributed by atoms with van der Waals surface area (Å²) < 4.78 is 11.9. The van der Waals surface area contributed by atoms with Crippen LogP contribution >= 0.6 is 27.5 Å². The van der Waals surface area contributed by atoms with Crippen LogP contribution in [0, 0.1) is 0 Å². The van der Waals surface area contributed by atoms with E-state index in [1.807, 2.05) is 37.3 Å². The minimum absolute atomic E-state index is 0.439. The van der Waals surface area contributed by atoms with Crippen LogP contribution in [0.15, 0.2) is 51.5 Å². The number of hydrogen-bond donors (Lipinski definition) is 0. The predicted molar refractivity (Wildman–Crippen MR) is 89.0 cm³/mol. The van der Waals surface area contributed by atoms with E-state index in [-0.39, 0.29) is 0 Å². The van der Waals surface area contributed by atoms with Gasteiger partial charge >= 0.3 is 0 Å². The Morgan fingerprint density at radius 1 is 1.18 bits per heavy atom. The van der Waals surface area contributed by atoms with Crippen molar-refractivity contribution in [2.24, 2.45) is 0 Å². The van der Waals surface area contributed by atoms with E-state index in [0.717, 1.165) is 15.6 Å². The van der Waals surface area contributed by atoms with E-state index >= 15 is 0 Å². The molecule has 0 aliphatic carbocycles. The molecule has 0 atom stereocenters. The smallest absolute Gasteiger partial charge is 0.258 e. The average Bonchev–Trinajstić information content (AvgIpc) is 3.00. The average molecular weight is 380 g/mol. The zero-order chi connectivity index (χ0) is 15.5. The summed E-state index contributed by atoms with van der Waals surface area (Å²) in [6.07, 6.45) is 0. The molecule has 6 heteroatoms. The van der Waals surface area contributed by atoms with Crippen molar-refractivity contribution in [1.29, 1.82) is 0 Å². The molecule has 2 aromatic carbocycles. The topological polar surface area (TPSA) is 48.2 Å². The van der Waals surface area contributed by atoms with Gasteiger partial charge in [0.05, 0.1) is 12.2 Å². The highest BCUT2D eigenvalue weighted by molar-refractivity contribution is 9.10. The standard InChI is InChI=1S/C16H12BrClN2O2/c1-2-21-14-8-5-11(17)9-13(14)15-19-16(22-20-15)10-3-6-12(18)7-4-10/h3-9H,2H2,1H3. The first-order valence-electron chi connectivity index (χ1n) is 6.69. The van der Waals surface area contributed by atoms with E-state index in [2.05, 4.69) is 26.1 Å². The number of nitrogens with zero attached hydrogens (tertiary/aromatic N) is 2. The van der Waals surface area contributed by atoms with E-state index in [1.165, 1.54) is 0 Å². The van der Waals surface area contributed by atoms with Gasteiger partial charge in [0.15, 0.2) is 0 Å². The van der Waals surface area contributed by atoms with Crippen molar-refractivity contribution in [3.63, 3.8) is 0 Å². The molecule has 0 radical (unpaired) electrons. The lowest BCUT2D eigenvalue weighted by Crippen LogP contribution is -1.95. The maximum Gasteiger partial charge on any atom is 0.258 e. The number of rotatable bonds is 4. The highest BCUT2D eigenvalue weighted by Gasteiger charge is 2.15. The molecule has 0 unspecified atom stereocenters. The zero-order valence-corrected chi connectivity index (χ0v) is 14.1. The molecular weight excluding hydrogens is 368 g/mol. The van der Waals surface area contributed by atoms with E-state index in [0.29, 0.717) is 29.1 Å². The van der Waals surface area contributed by atoms with Crippen LogP contribution in [-0.2, 0) is 0 Å². The van der Waals surface area contributed by atoms with Gasteiger partial charge in [0.2, 0.25) is 5.82 Å². The fourth-order valence-electron chi connectivity index (χ4n) is 2.00. The molecule has 0 aliphatic rings. The number of ether oxygens (including phenoxy) is 1. The van der Waals surface area contributed by atoms with Gasteiger partial charge in [-0.15, -0.1) is 0 Å². The maximum absolute atomic E-state index is 5.88. The third kappa shape index (κ3) is 3.15. The van der Waals surface area contributed by atoms with Crippen LogP contribution in [0.2, 0.25) is 5.02 Å². The lowest BCUT2D eigenvalue weighted by Gasteiger charge is -2.07. The van der Waals surface area contributed by atoms with Crippen LogP contribution in [0.25, 0.3) is 22.8 Å². The van der Waals surface area contributed by atoms with E-state index < -0.39 is 0 Å². The summed E-state index contributed by atoms with van der Waals surface area (Å²) >= 11 is 9.33. The molecule has 0 amide bonds. The van der Waals surface area contributed by atoms with Gasteiger partial charge in [-0.1, -0.05) is 32.7 Å². The van der Waals surface area contributed by atoms with Crippen LogP contribution in [0.5, 0.6) is 5.75 Å². The molecule has 0 spiro atoms. The molecule has 112 valence electrons. The van der Waals surface area contributed by atoms with Crippen LogP contribution in [0.1, 0.15) is 6.92 Å². The first kappa shape index (κ1) is 15.1. The lowest BCUT2D eigenvalue weighted by molar-refractivity contribution is 0.341. The Balaban J connectivity index is 2.00. The van der Waals surface area contributed by atoms with Gasteiger partial charge in [-0.2, -0.15) is 4.98 Å². The SMILES string of the molecule is CCOc1ccc(Br)cc1-c1noc(-c2ccc(Cl)cc2)n1. The molecule has 0 aliphatic heterocycles. The second-order valence-electron chi connectivity index (χ2n) is 4.50. The number of benzene rings is 2. The van der Waals surface area contributed by atoms with Crippen molar-refractivity contribution in [3.8, 4) is 28.6 Å². The molecule has 0 N–H and O–H groups in total. The van der Waals surface area contributed by atoms with Gasteiger partial charge in [-0.25, -0.2) is 0 Å². The van der Waals surface area contributed by atoms with Crippen molar-refractivity contribution < 1.29 is 9.26 Å². The quantitative estimate of drug-likeness (QED) is 0.623. The summed E-state index contributed by atoms with van der Waals surface area (Å²) in [6.45, 7) is 2.50. The number of aromatic nitrogens is 2. The summed E-state index contributed by atoms with van der Waals surface area (Å²) in [7, 11) is 0. The minimum Gasteiger partial charge on any atom is -0.493 e. The molecule has 3 aromatic rings. The Morgan fingerprint density at radius 2 is 1.95 bits per heavy atom. The second kappa shape index (κ2) is 6.50. The van der Waals surface area contributed by atoms with Gasteiger partial charge in [-0.3, -0.25) is 0 Å². The Bertz CT molecular complexity index is 787. The molecule has 22 heavy (non-hydrogen) atoms.